The molecule has 0 saturated heterocycles. The van der Waals surface area contributed by atoms with Crippen molar-refractivity contribution in [3.05, 3.63) is 23.8 Å². The quantitative estimate of drug-likeness (QED) is 0.625. The van der Waals surface area contributed by atoms with Crippen LogP contribution in [0.3, 0.4) is 0 Å². The number of carboxylic acids is 1. The van der Waals surface area contributed by atoms with Gasteiger partial charge in [-0.3, -0.25) is 9.69 Å². The lowest BCUT2D eigenvalue weighted by molar-refractivity contribution is -0.139. The van der Waals surface area contributed by atoms with Crippen LogP contribution in [0.4, 0.5) is 4.79 Å². The van der Waals surface area contributed by atoms with Crippen molar-refractivity contribution < 1.29 is 19.4 Å². The monoisotopic (exact) mass is 395 g/mol. The summed E-state index contributed by atoms with van der Waals surface area (Å²) < 4.78 is 5.40. The van der Waals surface area contributed by atoms with Gasteiger partial charge in [-0.25, -0.2) is 4.79 Å². The number of methoxy groups -OCH3 is 1. The summed E-state index contributed by atoms with van der Waals surface area (Å²) in [5.74, 6) is 0.000666. The van der Waals surface area contributed by atoms with E-state index >= 15 is 0 Å². The molecule has 8 heteroatoms. The molecule has 2 rings (SSSR count). The minimum Gasteiger partial charge on any atom is -0.496 e. The van der Waals surface area contributed by atoms with Crippen LogP contribution in [0.15, 0.2) is 23.1 Å². The average Bonchev–Trinajstić information content (AvgIpc) is 2.62. The second-order valence-corrected chi connectivity index (χ2v) is 7.62. The van der Waals surface area contributed by atoms with Gasteiger partial charge in [0, 0.05) is 30.6 Å². The van der Waals surface area contributed by atoms with Crippen LogP contribution >= 0.6 is 11.8 Å². The lowest BCUT2D eigenvalue weighted by Gasteiger charge is -2.42. The highest BCUT2D eigenvalue weighted by atomic mass is 32.2. The number of carbonyl (C=O) groups is 2. The topological polar surface area (TPSA) is 82.1 Å². The Morgan fingerprint density at radius 1 is 1.37 bits per heavy atom. The maximum absolute atomic E-state index is 12.4. The SMILES string of the molecule is CCN(CC(=O)O)C1CC(NC(=O)N(C)Cc2ccc(SC)c(OC)c2)C1. The number of nitrogens with zero attached hydrogens (tertiary/aromatic N) is 2. The minimum atomic E-state index is -0.813. The predicted octanol–water partition coefficient (Wildman–Crippen LogP) is 2.50. The van der Waals surface area contributed by atoms with E-state index in [1.54, 1.807) is 30.8 Å². The minimum absolute atomic E-state index is 0.0512. The van der Waals surface area contributed by atoms with Gasteiger partial charge in [-0.2, -0.15) is 0 Å². The third-order valence-corrected chi connectivity index (χ3v) is 5.69. The molecule has 0 aliphatic heterocycles. The number of thioether (sulfide) groups is 1. The number of carboxylic acid groups (broad SMARTS) is 1. The van der Waals surface area contributed by atoms with Crippen LogP contribution in [0.5, 0.6) is 5.75 Å². The molecule has 0 radical (unpaired) electrons. The Morgan fingerprint density at radius 2 is 2.07 bits per heavy atom. The molecular weight excluding hydrogens is 366 g/mol. The molecule has 2 N–H and O–H groups in total. The third-order valence-electron chi connectivity index (χ3n) is 4.92. The highest BCUT2D eigenvalue weighted by molar-refractivity contribution is 7.98. The molecule has 150 valence electrons. The summed E-state index contributed by atoms with van der Waals surface area (Å²) in [5, 5.41) is 12.0. The second-order valence-electron chi connectivity index (χ2n) is 6.77. The van der Waals surface area contributed by atoms with Crippen LogP contribution in [0, 0.1) is 0 Å². The Hall–Kier alpha value is -1.93. The zero-order chi connectivity index (χ0) is 20.0. The first kappa shape index (κ1) is 21.4. The first-order valence-electron chi connectivity index (χ1n) is 9.06. The molecule has 0 heterocycles. The fourth-order valence-electron chi connectivity index (χ4n) is 3.29. The number of rotatable bonds is 9. The highest BCUT2D eigenvalue weighted by Gasteiger charge is 2.35. The molecule has 0 atom stereocenters. The van der Waals surface area contributed by atoms with E-state index < -0.39 is 5.97 Å². The van der Waals surface area contributed by atoms with Gasteiger partial charge in [0.05, 0.1) is 13.7 Å². The van der Waals surface area contributed by atoms with E-state index in [-0.39, 0.29) is 24.7 Å². The smallest absolute Gasteiger partial charge is 0.317 e. The molecule has 1 fully saturated rings. The number of carbonyl (C=O) groups excluding carboxylic acids is 1. The zero-order valence-corrected chi connectivity index (χ0v) is 17.2. The molecule has 27 heavy (non-hydrogen) atoms. The summed E-state index contributed by atoms with van der Waals surface area (Å²) in [4.78, 5) is 28.0. The Labute approximate surface area is 165 Å². The summed E-state index contributed by atoms with van der Waals surface area (Å²) >= 11 is 1.62. The first-order valence-corrected chi connectivity index (χ1v) is 10.3. The number of nitrogens with one attached hydrogen (secondary N) is 1. The Morgan fingerprint density at radius 3 is 2.63 bits per heavy atom. The zero-order valence-electron chi connectivity index (χ0n) is 16.4. The van der Waals surface area contributed by atoms with Crippen LogP contribution in [0.25, 0.3) is 0 Å². The second kappa shape index (κ2) is 9.85. The van der Waals surface area contributed by atoms with Gasteiger partial charge < -0.3 is 20.1 Å². The fourth-order valence-corrected chi connectivity index (χ4v) is 3.83. The molecule has 2 amide bonds. The Balaban J connectivity index is 1.82. The van der Waals surface area contributed by atoms with Crippen molar-refractivity contribution in [2.75, 3.05) is 33.5 Å². The summed E-state index contributed by atoms with van der Waals surface area (Å²) in [6.45, 7) is 3.20. The number of ether oxygens (including phenoxy) is 1. The normalized spacial score (nSPS) is 18.7. The fraction of sp³-hybridized carbons (Fsp3) is 0.579. The molecule has 1 saturated carbocycles. The lowest BCUT2D eigenvalue weighted by Crippen LogP contribution is -2.56. The van der Waals surface area contributed by atoms with E-state index in [1.165, 1.54) is 0 Å². The Kier molecular flexibility index (Phi) is 7.79. The van der Waals surface area contributed by atoms with Crippen LogP contribution < -0.4 is 10.1 Å². The summed E-state index contributed by atoms with van der Waals surface area (Å²) in [7, 11) is 3.41. The van der Waals surface area contributed by atoms with Gasteiger partial charge in [-0.1, -0.05) is 13.0 Å². The molecular formula is C19H29N3O4S. The van der Waals surface area contributed by atoms with Gasteiger partial charge in [0.1, 0.15) is 5.75 Å². The maximum Gasteiger partial charge on any atom is 0.317 e. The van der Waals surface area contributed by atoms with E-state index in [4.69, 9.17) is 9.84 Å². The van der Waals surface area contributed by atoms with Crippen molar-refractivity contribution in [1.29, 1.82) is 0 Å². The van der Waals surface area contributed by atoms with Gasteiger partial charge in [0.2, 0.25) is 0 Å². The van der Waals surface area contributed by atoms with Gasteiger partial charge >= 0.3 is 12.0 Å². The standard InChI is InChI=1S/C19H29N3O4S/c1-5-22(12-18(23)24)15-9-14(10-15)20-19(25)21(2)11-13-6-7-17(27-4)16(8-13)26-3/h6-8,14-15H,5,9-12H2,1-4H3,(H,20,25)(H,23,24). The van der Waals surface area contributed by atoms with Crippen molar-refractivity contribution in [2.24, 2.45) is 0 Å². The third kappa shape index (κ3) is 5.77. The molecule has 0 aromatic heterocycles. The van der Waals surface area contributed by atoms with E-state index in [1.807, 2.05) is 36.3 Å². The van der Waals surface area contributed by atoms with Crippen molar-refractivity contribution in [3.63, 3.8) is 0 Å². The molecule has 1 aromatic carbocycles. The molecule has 1 aliphatic carbocycles. The summed E-state index contributed by atoms with van der Waals surface area (Å²) in [5.41, 5.74) is 1.01. The number of amides is 2. The van der Waals surface area contributed by atoms with Gasteiger partial charge in [-0.15, -0.1) is 11.8 Å². The van der Waals surface area contributed by atoms with Crippen LogP contribution in [-0.4, -0.2) is 72.5 Å². The van der Waals surface area contributed by atoms with Crippen molar-refractivity contribution >= 4 is 23.8 Å². The number of aliphatic carboxylic acids is 1. The van der Waals surface area contributed by atoms with E-state index in [0.717, 1.165) is 29.1 Å². The van der Waals surface area contributed by atoms with Gasteiger partial charge in [-0.05, 0) is 43.3 Å². The van der Waals surface area contributed by atoms with Crippen LogP contribution in [-0.2, 0) is 11.3 Å². The molecule has 0 spiro atoms. The Bertz CT molecular complexity index is 664. The number of hydrogen-bond donors (Lipinski definition) is 2. The van der Waals surface area contributed by atoms with E-state index in [0.29, 0.717) is 13.1 Å². The van der Waals surface area contributed by atoms with E-state index in [2.05, 4.69) is 5.32 Å². The maximum atomic E-state index is 12.4. The summed E-state index contributed by atoms with van der Waals surface area (Å²) in [6.07, 6.45) is 3.58. The number of likely N-dealkylation sites (N-methyl/N-ethyl adjacent to an activating group) is 1. The molecule has 1 aromatic rings. The van der Waals surface area contributed by atoms with Crippen LogP contribution in [0.1, 0.15) is 25.3 Å². The predicted molar refractivity (Wildman–Crippen MR) is 106 cm³/mol. The molecule has 0 bridgehead atoms. The van der Waals surface area contributed by atoms with Crippen molar-refractivity contribution in [1.82, 2.24) is 15.1 Å². The highest BCUT2D eigenvalue weighted by Crippen LogP contribution is 2.29. The number of hydrogen-bond acceptors (Lipinski definition) is 5. The molecule has 7 nitrogen and oxygen atoms in total. The molecule has 1 aliphatic rings. The molecule has 0 unspecified atom stereocenters. The lowest BCUT2D eigenvalue weighted by atomic mass is 9.85. The number of benzene rings is 1. The van der Waals surface area contributed by atoms with Gasteiger partial charge in [0.25, 0.3) is 0 Å². The van der Waals surface area contributed by atoms with Gasteiger partial charge in [0.15, 0.2) is 0 Å². The van der Waals surface area contributed by atoms with E-state index in [9.17, 15) is 9.59 Å². The largest absolute Gasteiger partial charge is 0.496 e. The number of urea groups is 1. The summed E-state index contributed by atoms with van der Waals surface area (Å²) in [6, 6.07) is 6.17. The van der Waals surface area contributed by atoms with Crippen LogP contribution in [0.2, 0.25) is 0 Å². The van der Waals surface area contributed by atoms with Crippen molar-refractivity contribution in [2.45, 2.75) is 43.3 Å². The van der Waals surface area contributed by atoms with Crippen molar-refractivity contribution in [3.8, 4) is 5.75 Å². The average molecular weight is 396 g/mol. The first-order chi connectivity index (χ1) is 12.9.